The van der Waals surface area contributed by atoms with E-state index in [1.54, 1.807) is 27.7 Å². The van der Waals surface area contributed by atoms with Crippen LogP contribution in [0.25, 0.3) is 0 Å². The second-order valence-corrected chi connectivity index (χ2v) is 7.51. The number of ether oxygens (including phenoxy) is 1. The van der Waals surface area contributed by atoms with Gasteiger partial charge in [-0.2, -0.15) is 26.5 Å². The number of amides is 1. The van der Waals surface area contributed by atoms with E-state index in [2.05, 4.69) is 9.07 Å². The van der Waals surface area contributed by atoms with Crippen LogP contribution in [0.1, 0.15) is 34.1 Å². The number of nitrogens with zero attached hydrogens (tertiary/aromatic N) is 1. The molecule has 0 aliphatic carbocycles. The number of carbonyl (C=O) groups is 1. The predicted molar refractivity (Wildman–Crippen MR) is 78.2 cm³/mol. The molecule has 1 amide bonds. The van der Waals surface area contributed by atoms with Crippen LogP contribution in [-0.4, -0.2) is 50.2 Å². The Morgan fingerprint density at radius 1 is 1.20 bits per heavy atom. The van der Waals surface area contributed by atoms with Crippen LogP contribution < -0.4 is 0 Å². The Balaban J connectivity index is 2.99. The lowest BCUT2D eigenvalue weighted by Gasteiger charge is -2.31. The number of rotatable bonds is 5. The molecule has 1 aliphatic rings. The molecule has 0 aromatic heterocycles. The molecule has 1 heterocycles. The van der Waals surface area contributed by atoms with Gasteiger partial charge in [0.25, 0.3) is 0 Å². The number of alkyl halides is 3. The van der Waals surface area contributed by atoms with Crippen molar-refractivity contribution in [3.63, 3.8) is 0 Å². The van der Waals surface area contributed by atoms with Crippen LogP contribution in [0, 0.1) is 0 Å². The van der Waals surface area contributed by atoms with E-state index in [9.17, 15) is 26.4 Å². The lowest BCUT2D eigenvalue weighted by molar-refractivity contribution is -0.263. The van der Waals surface area contributed by atoms with Gasteiger partial charge in [0.15, 0.2) is 5.76 Å². The minimum atomic E-state index is -5.85. The molecule has 8 nitrogen and oxygen atoms in total. The molecule has 0 saturated carbocycles. The molecule has 0 aromatic rings. The second-order valence-electron chi connectivity index (χ2n) is 5.97. The van der Waals surface area contributed by atoms with Crippen molar-refractivity contribution in [1.82, 2.24) is 4.90 Å². The first-order chi connectivity index (χ1) is 11.3. The molecule has 0 N–H and O–H groups in total. The van der Waals surface area contributed by atoms with Crippen molar-refractivity contribution in [3.8, 4) is 0 Å². The van der Waals surface area contributed by atoms with Crippen LogP contribution in [0.5, 0.6) is 0 Å². The van der Waals surface area contributed by atoms with Crippen LogP contribution in [0.2, 0.25) is 0 Å². The summed E-state index contributed by atoms with van der Waals surface area (Å²) < 4.78 is 69.0. The summed E-state index contributed by atoms with van der Waals surface area (Å²) in [6, 6.07) is 0. The fourth-order valence-corrected chi connectivity index (χ4v) is 2.21. The molecule has 0 atom stereocenters. The highest BCUT2D eigenvalue weighted by Gasteiger charge is 2.49. The molecular weight excluding hydrogens is 371 g/mol. The maximum absolute atomic E-state index is 12.5. The van der Waals surface area contributed by atoms with Crippen LogP contribution in [-0.2, 0) is 28.8 Å². The molecule has 0 bridgehead atoms. The van der Waals surface area contributed by atoms with Gasteiger partial charge in [0, 0.05) is 13.0 Å². The van der Waals surface area contributed by atoms with Crippen molar-refractivity contribution in [2.45, 2.75) is 45.2 Å². The van der Waals surface area contributed by atoms with E-state index in [0.29, 0.717) is 0 Å². The first-order valence-corrected chi connectivity index (χ1v) is 8.68. The minimum Gasteiger partial charge on any atom is -0.444 e. The Morgan fingerprint density at radius 2 is 1.80 bits per heavy atom. The lowest BCUT2D eigenvalue weighted by Crippen LogP contribution is -2.42. The van der Waals surface area contributed by atoms with Crippen molar-refractivity contribution in [3.05, 3.63) is 11.5 Å². The Morgan fingerprint density at radius 3 is 2.28 bits per heavy atom. The van der Waals surface area contributed by atoms with Gasteiger partial charge in [0.2, 0.25) is 5.76 Å². The average molecular weight is 391 g/mol. The molecule has 0 fully saturated rings. The molecule has 0 unspecified atom stereocenters. The van der Waals surface area contributed by atoms with Gasteiger partial charge in [-0.3, -0.25) is 4.90 Å². The third kappa shape index (κ3) is 6.27. The van der Waals surface area contributed by atoms with Gasteiger partial charge < -0.3 is 13.8 Å². The summed E-state index contributed by atoms with van der Waals surface area (Å²) in [6.07, 6.45) is -1.06. The Bertz CT molecular complexity index is 623. The summed E-state index contributed by atoms with van der Waals surface area (Å²) in [6.45, 7) is 6.04. The van der Waals surface area contributed by atoms with Gasteiger partial charge in [0.05, 0.1) is 13.2 Å². The van der Waals surface area contributed by atoms with Gasteiger partial charge in [0.1, 0.15) is 5.60 Å². The van der Waals surface area contributed by atoms with E-state index < -0.39 is 33.1 Å². The normalized spacial score (nSPS) is 16.7. The smallest absolute Gasteiger partial charge is 0.444 e. The van der Waals surface area contributed by atoms with E-state index >= 15 is 0 Å². The number of hydrogen-bond acceptors (Lipinski definition) is 7. The third-order valence-electron chi connectivity index (χ3n) is 2.68. The van der Waals surface area contributed by atoms with Gasteiger partial charge in [-0.25, -0.2) is 4.79 Å². The first kappa shape index (κ1) is 21.4. The van der Waals surface area contributed by atoms with E-state index in [-0.39, 0.29) is 31.9 Å². The van der Waals surface area contributed by atoms with E-state index in [1.807, 2.05) is 0 Å². The van der Waals surface area contributed by atoms with Crippen LogP contribution in [0.4, 0.5) is 18.0 Å². The fourth-order valence-electron chi connectivity index (χ4n) is 1.67. The Hall–Kier alpha value is -1.69. The van der Waals surface area contributed by atoms with Crippen molar-refractivity contribution in [2.75, 3.05) is 19.7 Å². The van der Waals surface area contributed by atoms with E-state index in [4.69, 9.17) is 9.62 Å². The molecule has 0 aromatic carbocycles. The zero-order valence-corrected chi connectivity index (χ0v) is 15.0. The molecule has 1 aliphatic heterocycles. The summed E-state index contributed by atoms with van der Waals surface area (Å²) in [4.78, 5) is 22.6. The van der Waals surface area contributed by atoms with Gasteiger partial charge in [-0.15, -0.1) is 0 Å². The number of carbonyl (C=O) groups excluding carboxylic acids is 1. The third-order valence-corrected chi connectivity index (χ3v) is 3.66. The van der Waals surface area contributed by atoms with Crippen LogP contribution in [0.15, 0.2) is 11.5 Å². The van der Waals surface area contributed by atoms with Crippen molar-refractivity contribution < 1.29 is 45.1 Å². The standard InChI is InChI=1S/C13H20F3NO7S/c1-5-21-23-10-8-17(11(18)22-12(2,3)4)7-6-9(10)24-25(19,20)13(14,15)16/h5-8H2,1-4H3. The summed E-state index contributed by atoms with van der Waals surface area (Å²) in [5, 5.41) is 0. The first-order valence-electron chi connectivity index (χ1n) is 7.27. The van der Waals surface area contributed by atoms with Crippen molar-refractivity contribution in [2.24, 2.45) is 0 Å². The zero-order chi connectivity index (χ0) is 19.5. The lowest BCUT2D eigenvalue weighted by atomic mass is 10.2. The molecule has 0 radical (unpaired) electrons. The summed E-state index contributed by atoms with van der Waals surface area (Å²) in [5.74, 6) is -0.933. The second kappa shape index (κ2) is 7.68. The quantitative estimate of drug-likeness (QED) is 0.308. The highest BCUT2D eigenvalue weighted by atomic mass is 32.2. The molecule has 0 spiro atoms. The van der Waals surface area contributed by atoms with Crippen molar-refractivity contribution in [1.29, 1.82) is 0 Å². The topological polar surface area (TPSA) is 91.4 Å². The minimum absolute atomic E-state index is 0.0369. The zero-order valence-electron chi connectivity index (χ0n) is 14.2. The maximum atomic E-state index is 12.5. The molecule has 0 saturated heterocycles. The SMILES string of the molecule is CCOOC1=C(OS(=O)(=O)C(F)(F)F)CCN(C(=O)OC(C)(C)C)C1. The van der Waals surface area contributed by atoms with Crippen LogP contribution in [0.3, 0.4) is 0 Å². The summed E-state index contributed by atoms with van der Waals surface area (Å²) >= 11 is 0. The fraction of sp³-hybridized carbons (Fsp3) is 0.769. The number of halogens is 3. The Labute approximate surface area is 143 Å². The van der Waals surface area contributed by atoms with E-state index in [0.717, 1.165) is 4.90 Å². The van der Waals surface area contributed by atoms with Gasteiger partial charge in [-0.1, -0.05) is 0 Å². The number of hydrogen-bond donors (Lipinski definition) is 0. The molecular formula is C13H20F3NO7S. The predicted octanol–water partition coefficient (Wildman–Crippen LogP) is 2.67. The molecule has 25 heavy (non-hydrogen) atoms. The average Bonchev–Trinajstić information content (AvgIpc) is 2.42. The van der Waals surface area contributed by atoms with Crippen molar-refractivity contribution >= 4 is 16.2 Å². The highest BCUT2D eigenvalue weighted by Crippen LogP contribution is 2.30. The maximum Gasteiger partial charge on any atom is 0.534 e. The monoisotopic (exact) mass is 391 g/mol. The van der Waals surface area contributed by atoms with Gasteiger partial charge >= 0.3 is 21.7 Å². The van der Waals surface area contributed by atoms with E-state index in [1.165, 1.54) is 0 Å². The largest absolute Gasteiger partial charge is 0.534 e. The van der Waals surface area contributed by atoms with Crippen LogP contribution >= 0.6 is 0 Å². The highest BCUT2D eigenvalue weighted by molar-refractivity contribution is 7.87. The van der Waals surface area contributed by atoms with Gasteiger partial charge in [-0.05, 0) is 27.7 Å². The summed E-state index contributed by atoms with van der Waals surface area (Å²) in [5.41, 5.74) is -6.36. The molecule has 146 valence electrons. The molecule has 12 heteroatoms. The Kier molecular flexibility index (Phi) is 6.56. The summed E-state index contributed by atoms with van der Waals surface area (Å²) in [7, 11) is -5.85. The molecule has 1 rings (SSSR count).